The summed E-state index contributed by atoms with van der Waals surface area (Å²) in [5.74, 6) is -0.369. The van der Waals surface area contributed by atoms with E-state index >= 15 is 0 Å². The Labute approximate surface area is 160 Å². The van der Waals surface area contributed by atoms with Crippen LogP contribution in [0.25, 0.3) is 0 Å². The fourth-order valence-corrected chi connectivity index (χ4v) is 3.44. The number of carbonyl (C=O) groups is 1. The summed E-state index contributed by atoms with van der Waals surface area (Å²) in [5.41, 5.74) is 1.53. The summed E-state index contributed by atoms with van der Waals surface area (Å²) in [4.78, 5) is 11.0. The predicted molar refractivity (Wildman–Crippen MR) is 96.2 cm³/mol. The van der Waals surface area contributed by atoms with Crippen LogP contribution in [-0.4, -0.2) is 17.7 Å². The van der Waals surface area contributed by atoms with Crippen LogP contribution in [0.15, 0.2) is 42.5 Å². The van der Waals surface area contributed by atoms with Crippen molar-refractivity contribution in [1.82, 2.24) is 0 Å². The average Bonchev–Trinajstić information content (AvgIpc) is 3.03. The first-order valence-corrected chi connectivity index (χ1v) is 9.08. The lowest BCUT2D eigenvalue weighted by Crippen LogP contribution is -2.10. The number of rotatable bonds is 7. The van der Waals surface area contributed by atoms with Crippen molar-refractivity contribution in [3.8, 4) is 5.75 Å². The molecule has 0 heterocycles. The van der Waals surface area contributed by atoms with Gasteiger partial charge in [-0.05, 0) is 60.7 Å². The highest BCUT2D eigenvalue weighted by atomic mass is 19.4. The molecule has 2 aromatic carbocycles. The molecule has 1 aliphatic carbocycles. The van der Waals surface area contributed by atoms with Gasteiger partial charge in [0.2, 0.25) is 0 Å². The van der Waals surface area contributed by atoms with Gasteiger partial charge in [0.15, 0.2) is 0 Å². The Morgan fingerprint density at radius 3 is 2.54 bits per heavy atom. The number of benzene rings is 2. The zero-order valence-electron chi connectivity index (χ0n) is 15.3. The van der Waals surface area contributed by atoms with Crippen LogP contribution >= 0.6 is 0 Å². The molecule has 0 amide bonds. The predicted octanol–water partition coefficient (Wildman–Crippen LogP) is 5.32. The Morgan fingerprint density at radius 1 is 1.21 bits per heavy atom. The Kier molecular flexibility index (Phi) is 5.93. The molecule has 0 unspecified atom stereocenters. The minimum atomic E-state index is -4.35. The number of alkyl halides is 3. The van der Waals surface area contributed by atoms with Gasteiger partial charge in [-0.2, -0.15) is 13.2 Å². The normalized spacial score (nSPS) is 17.2. The van der Waals surface area contributed by atoms with Crippen molar-refractivity contribution in [2.75, 3.05) is 6.61 Å². The van der Waals surface area contributed by atoms with Crippen molar-refractivity contribution in [2.45, 2.75) is 44.6 Å². The first-order valence-electron chi connectivity index (χ1n) is 9.08. The van der Waals surface area contributed by atoms with Gasteiger partial charge in [0.05, 0.1) is 18.1 Å². The highest BCUT2D eigenvalue weighted by molar-refractivity contribution is 5.67. The van der Waals surface area contributed by atoms with Crippen LogP contribution in [0.1, 0.15) is 54.2 Å². The SMILES string of the molecule is CCO[C@@H](CC(=O)O)c1ccc(O[C@@H]2CCc3cc(C(F)(F)F)ccc32)cc1. The van der Waals surface area contributed by atoms with Gasteiger partial charge in [-0.3, -0.25) is 4.79 Å². The second-order valence-electron chi connectivity index (χ2n) is 6.67. The van der Waals surface area contributed by atoms with Crippen LogP contribution in [0.2, 0.25) is 0 Å². The number of aryl methyl sites for hydroxylation is 1. The number of carboxylic acid groups (broad SMARTS) is 1. The molecule has 2 aromatic rings. The largest absolute Gasteiger partial charge is 0.486 e. The smallest absolute Gasteiger partial charge is 0.416 e. The molecular weight excluding hydrogens is 373 g/mol. The molecule has 3 rings (SSSR count). The third kappa shape index (κ3) is 4.65. The molecular formula is C21H21F3O4. The van der Waals surface area contributed by atoms with Gasteiger partial charge in [0, 0.05) is 6.61 Å². The fourth-order valence-electron chi connectivity index (χ4n) is 3.44. The van der Waals surface area contributed by atoms with E-state index in [1.165, 1.54) is 12.1 Å². The van der Waals surface area contributed by atoms with Crippen molar-refractivity contribution < 1.29 is 32.5 Å². The van der Waals surface area contributed by atoms with E-state index in [9.17, 15) is 18.0 Å². The summed E-state index contributed by atoms with van der Waals surface area (Å²) in [6, 6.07) is 10.7. The Morgan fingerprint density at radius 2 is 1.93 bits per heavy atom. The molecule has 0 radical (unpaired) electrons. The number of halogens is 3. The van der Waals surface area contributed by atoms with Crippen LogP contribution in [0.5, 0.6) is 5.75 Å². The third-order valence-electron chi connectivity index (χ3n) is 4.75. The number of fused-ring (bicyclic) bond motifs is 1. The molecule has 0 bridgehead atoms. The summed E-state index contributed by atoms with van der Waals surface area (Å²) < 4.78 is 50.0. The molecule has 0 aromatic heterocycles. The Bertz CT molecular complexity index is 831. The summed E-state index contributed by atoms with van der Waals surface area (Å²) >= 11 is 0. The minimum Gasteiger partial charge on any atom is -0.486 e. The van der Waals surface area contributed by atoms with Crippen molar-refractivity contribution in [3.05, 3.63) is 64.7 Å². The molecule has 7 heteroatoms. The molecule has 0 spiro atoms. The first kappa shape index (κ1) is 20.2. The molecule has 0 saturated carbocycles. The van der Waals surface area contributed by atoms with Crippen molar-refractivity contribution in [2.24, 2.45) is 0 Å². The van der Waals surface area contributed by atoms with Crippen molar-refractivity contribution in [1.29, 1.82) is 0 Å². The summed E-state index contributed by atoms with van der Waals surface area (Å²) in [6.45, 7) is 2.20. The Balaban J connectivity index is 1.71. The van der Waals surface area contributed by atoms with E-state index in [0.29, 0.717) is 30.8 Å². The van der Waals surface area contributed by atoms with Gasteiger partial charge >= 0.3 is 12.1 Å². The van der Waals surface area contributed by atoms with Gasteiger partial charge in [0.25, 0.3) is 0 Å². The number of aliphatic carboxylic acids is 1. The topological polar surface area (TPSA) is 55.8 Å². The first-order chi connectivity index (χ1) is 13.3. The lowest BCUT2D eigenvalue weighted by atomic mass is 10.0. The van der Waals surface area contributed by atoms with Crippen LogP contribution in [0.3, 0.4) is 0 Å². The van der Waals surface area contributed by atoms with E-state index in [1.54, 1.807) is 31.2 Å². The maximum absolute atomic E-state index is 12.9. The van der Waals surface area contributed by atoms with E-state index in [1.807, 2.05) is 0 Å². The summed E-state index contributed by atoms with van der Waals surface area (Å²) in [7, 11) is 0. The molecule has 2 atom stereocenters. The third-order valence-corrected chi connectivity index (χ3v) is 4.75. The summed E-state index contributed by atoms with van der Waals surface area (Å²) in [6.07, 6.45) is -4.18. The van der Waals surface area contributed by atoms with Crippen LogP contribution in [0, 0.1) is 0 Å². The van der Waals surface area contributed by atoms with E-state index in [0.717, 1.165) is 17.2 Å². The monoisotopic (exact) mass is 394 g/mol. The standard InChI is InChI=1S/C21H21F3O4/c1-2-27-19(12-20(25)26)13-3-7-16(8-4-13)28-18-10-5-14-11-15(21(22,23)24)6-9-17(14)18/h3-4,6-9,11,18-19H,2,5,10,12H2,1H3,(H,25,26)/t18-,19+/m1/s1. The number of hydrogen-bond acceptors (Lipinski definition) is 3. The molecule has 0 saturated heterocycles. The lowest BCUT2D eigenvalue weighted by Gasteiger charge is -2.18. The fraction of sp³-hybridized carbons (Fsp3) is 0.381. The van der Waals surface area contributed by atoms with E-state index < -0.39 is 23.8 Å². The number of carboxylic acids is 1. The van der Waals surface area contributed by atoms with Crippen molar-refractivity contribution in [3.63, 3.8) is 0 Å². The zero-order chi connectivity index (χ0) is 20.3. The molecule has 28 heavy (non-hydrogen) atoms. The van der Waals surface area contributed by atoms with Gasteiger partial charge in [-0.1, -0.05) is 18.2 Å². The van der Waals surface area contributed by atoms with Crippen LogP contribution in [-0.2, 0) is 22.1 Å². The average molecular weight is 394 g/mol. The highest BCUT2D eigenvalue weighted by Gasteiger charge is 2.33. The molecule has 0 fully saturated rings. The number of ether oxygens (including phenoxy) is 2. The maximum Gasteiger partial charge on any atom is 0.416 e. The van der Waals surface area contributed by atoms with Crippen LogP contribution < -0.4 is 4.74 Å². The van der Waals surface area contributed by atoms with Gasteiger partial charge in [0.1, 0.15) is 11.9 Å². The molecule has 1 aliphatic rings. The Hall–Kier alpha value is -2.54. The van der Waals surface area contributed by atoms with Gasteiger partial charge in [-0.25, -0.2) is 0 Å². The van der Waals surface area contributed by atoms with E-state index in [4.69, 9.17) is 14.6 Å². The van der Waals surface area contributed by atoms with Gasteiger partial charge in [-0.15, -0.1) is 0 Å². The second kappa shape index (κ2) is 8.22. The minimum absolute atomic E-state index is 0.133. The van der Waals surface area contributed by atoms with Crippen molar-refractivity contribution >= 4 is 5.97 Å². The lowest BCUT2D eigenvalue weighted by molar-refractivity contribution is -0.140. The molecule has 1 N–H and O–H groups in total. The van der Waals surface area contributed by atoms with Gasteiger partial charge < -0.3 is 14.6 Å². The van der Waals surface area contributed by atoms with E-state index in [2.05, 4.69) is 0 Å². The summed E-state index contributed by atoms with van der Waals surface area (Å²) in [5, 5.41) is 9.00. The van der Waals surface area contributed by atoms with E-state index in [-0.39, 0.29) is 12.5 Å². The maximum atomic E-state index is 12.9. The van der Waals surface area contributed by atoms with Crippen LogP contribution in [0.4, 0.5) is 13.2 Å². The number of hydrogen-bond donors (Lipinski definition) is 1. The zero-order valence-corrected chi connectivity index (χ0v) is 15.3. The molecule has 150 valence electrons. The molecule has 0 aliphatic heterocycles. The highest BCUT2D eigenvalue weighted by Crippen LogP contribution is 2.39. The molecule has 4 nitrogen and oxygen atoms in total. The quantitative estimate of drug-likeness (QED) is 0.690. The second-order valence-corrected chi connectivity index (χ2v) is 6.67.